The summed E-state index contributed by atoms with van der Waals surface area (Å²) in [7, 11) is 0. The maximum atomic E-state index is 14.1. The van der Waals surface area contributed by atoms with Crippen LogP contribution in [0.4, 0.5) is 5.69 Å². The van der Waals surface area contributed by atoms with Crippen molar-refractivity contribution in [3.8, 4) is 5.75 Å². The van der Waals surface area contributed by atoms with Crippen LogP contribution in [0.25, 0.3) is 5.57 Å². The number of nitrogens with zero attached hydrogens (tertiary/aromatic N) is 3. The van der Waals surface area contributed by atoms with Gasteiger partial charge in [0, 0.05) is 19.0 Å². The summed E-state index contributed by atoms with van der Waals surface area (Å²) in [4.78, 5) is 58.7. The first-order valence-electron chi connectivity index (χ1n) is 12.3. The Kier molecular flexibility index (Phi) is 6.88. The Morgan fingerprint density at radius 2 is 1.85 bits per heavy atom. The summed E-state index contributed by atoms with van der Waals surface area (Å²) in [5.41, 5.74) is 2.41. The van der Waals surface area contributed by atoms with E-state index in [0.29, 0.717) is 45.2 Å². The minimum Gasteiger partial charge on any atom is -0.463 e. The summed E-state index contributed by atoms with van der Waals surface area (Å²) in [6, 6.07) is 13.0. The fourth-order valence-electron chi connectivity index (χ4n) is 4.85. The molecule has 0 saturated carbocycles. The lowest BCUT2D eigenvalue weighted by molar-refractivity contribution is -0.139. The van der Waals surface area contributed by atoms with Crippen LogP contribution < -0.4 is 24.5 Å². The van der Waals surface area contributed by atoms with Crippen molar-refractivity contribution in [2.75, 3.05) is 18.1 Å². The lowest BCUT2D eigenvalue weighted by atomic mass is 9.96. The molecular weight excluding hydrogens is 518 g/mol. The highest BCUT2D eigenvalue weighted by molar-refractivity contribution is 7.07. The van der Waals surface area contributed by atoms with Crippen LogP contribution in [0.15, 0.2) is 82.2 Å². The van der Waals surface area contributed by atoms with Gasteiger partial charge in [-0.3, -0.25) is 19.0 Å². The van der Waals surface area contributed by atoms with E-state index in [-0.39, 0.29) is 22.6 Å². The lowest BCUT2D eigenvalue weighted by Crippen LogP contribution is -2.41. The smallest absolute Gasteiger partial charge is 0.338 e. The molecule has 9 nitrogen and oxygen atoms in total. The van der Waals surface area contributed by atoms with Gasteiger partial charge in [0.25, 0.3) is 11.5 Å². The van der Waals surface area contributed by atoms with Crippen LogP contribution in [0.3, 0.4) is 0 Å². The molecule has 1 amide bonds. The number of fused-ring (bicyclic) bond motifs is 2. The van der Waals surface area contributed by atoms with Gasteiger partial charge < -0.3 is 14.4 Å². The topological polar surface area (TPSA) is 107 Å². The molecule has 3 aromatic rings. The van der Waals surface area contributed by atoms with Crippen LogP contribution in [-0.4, -0.2) is 35.6 Å². The second kappa shape index (κ2) is 10.3. The van der Waals surface area contributed by atoms with Gasteiger partial charge in [-0.05, 0) is 37.6 Å². The van der Waals surface area contributed by atoms with Gasteiger partial charge in [0.1, 0.15) is 10.3 Å². The minimum absolute atomic E-state index is 0.146. The van der Waals surface area contributed by atoms with E-state index in [1.165, 1.54) is 11.5 Å². The van der Waals surface area contributed by atoms with Gasteiger partial charge in [0.15, 0.2) is 4.80 Å². The molecule has 0 bridgehead atoms. The van der Waals surface area contributed by atoms with Crippen molar-refractivity contribution in [1.29, 1.82) is 0 Å². The van der Waals surface area contributed by atoms with E-state index in [4.69, 9.17) is 9.47 Å². The third-order valence-electron chi connectivity index (χ3n) is 6.41. The maximum absolute atomic E-state index is 14.1. The molecule has 10 heteroatoms. The summed E-state index contributed by atoms with van der Waals surface area (Å²) in [5, 5.41) is 0. The molecule has 0 aliphatic carbocycles. The van der Waals surface area contributed by atoms with Gasteiger partial charge in [-0.15, -0.1) is 6.58 Å². The molecule has 2 aliphatic rings. The first-order valence-corrected chi connectivity index (χ1v) is 13.1. The van der Waals surface area contributed by atoms with E-state index in [9.17, 15) is 19.2 Å². The molecule has 0 saturated heterocycles. The van der Waals surface area contributed by atoms with E-state index in [1.54, 1.807) is 49.1 Å². The van der Waals surface area contributed by atoms with Crippen LogP contribution in [0.2, 0.25) is 0 Å². The molecule has 2 aliphatic heterocycles. The fourth-order valence-corrected chi connectivity index (χ4v) is 5.99. The van der Waals surface area contributed by atoms with Crippen molar-refractivity contribution in [3.63, 3.8) is 0 Å². The summed E-state index contributed by atoms with van der Waals surface area (Å²) in [6.45, 7) is 8.89. The first-order chi connectivity index (χ1) is 18.8. The number of hydrogen-bond donors (Lipinski definition) is 0. The minimum atomic E-state index is -0.864. The van der Waals surface area contributed by atoms with Crippen molar-refractivity contribution in [2.24, 2.45) is 4.99 Å². The van der Waals surface area contributed by atoms with Crippen LogP contribution >= 0.6 is 11.3 Å². The second-order valence-corrected chi connectivity index (χ2v) is 9.86. The molecule has 39 heavy (non-hydrogen) atoms. The second-order valence-electron chi connectivity index (χ2n) is 8.88. The Morgan fingerprint density at radius 1 is 1.13 bits per heavy atom. The number of rotatable bonds is 6. The number of amides is 1. The molecule has 0 fully saturated rings. The third-order valence-corrected chi connectivity index (χ3v) is 7.47. The zero-order valence-electron chi connectivity index (χ0n) is 21.6. The zero-order valence-corrected chi connectivity index (χ0v) is 22.4. The van der Waals surface area contributed by atoms with Crippen molar-refractivity contribution >= 4 is 40.4 Å². The first kappa shape index (κ1) is 26.1. The SMILES string of the molecule is C=CCN1C(=O)C(=c2sc3n(c2=O)[C@@H](c2ccc(OC(C)=O)cc2)C(C(=O)OCC)=C(C)N=3)c2ccccc21. The normalized spacial score (nSPS) is 17.4. The van der Waals surface area contributed by atoms with E-state index in [1.807, 2.05) is 24.3 Å². The Bertz CT molecular complexity index is 1750. The Morgan fingerprint density at radius 3 is 2.51 bits per heavy atom. The Hall–Kier alpha value is -4.57. The van der Waals surface area contributed by atoms with E-state index >= 15 is 0 Å². The lowest BCUT2D eigenvalue weighted by Gasteiger charge is -2.24. The molecule has 2 aromatic carbocycles. The number of carbonyl (C=O) groups is 3. The molecule has 1 aromatic heterocycles. The van der Waals surface area contributed by atoms with Crippen LogP contribution in [-0.2, 0) is 19.1 Å². The number of thiazole rings is 1. The largest absolute Gasteiger partial charge is 0.463 e. The number of para-hydroxylation sites is 1. The number of anilines is 1. The van der Waals surface area contributed by atoms with Gasteiger partial charge in [-0.2, -0.15) is 0 Å². The molecule has 198 valence electrons. The number of ether oxygens (including phenoxy) is 2. The standard InChI is InChI=1S/C29H25N3O6S/c1-5-15-31-21-10-8-7-9-20(21)23(26(31)34)25-27(35)32-24(18-11-13-19(14-12-18)38-17(4)33)22(28(36)37-6-2)16(3)30-29(32)39-25/h5,7-14,24H,1,6,15H2,2-4H3/t24-/m0/s1. The summed E-state index contributed by atoms with van der Waals surface area (Å²) < 4.78 is 12.1. The quantitative estimate of drug-likeness (QED) is 0.269. The van der Waals surface area contributed by atoms with Crippen molar-refractivity contribution in [2.45, 2.75) is 26.8 Å². The number of esters is 2. The van der Waals surface area contributed by atoms with Crippen molar-refractivity contribution in [1.82, 2.24) is 4.57 Å². The van der Waals surface area contributed by atoms with Gasteiger partial charge in [-0.1, -0.05) is 47.7 Å². The highest BCUT2D eigenvalue weighted by Gasteiger charge is 2.37. The Labute approximate surface area is 227 Å². The summed E-state index contributed by atoms with van der Waals surface area (Å²) in [6.07, 6.45) is 1.63. The zero-order chi connectivity index (χ0) is 27.8. The molecule has 0 spiro atoms. The van der Waals surface area contributed by atoms with Crippen LogP contribution in [0, 0.1) is 0 Å². The highest BCUT2D eigenvalue weighted by atomic mass is 32.1. The average molecular weight is 544 g/mol. The van der Waals surface area contributed by atoms with Crippen molar-refractivity contribution < 1.29 is 23.9 Å². The molecule has 1 atom stereocenters. The Balaban J connectivity index is 1.77. The third kappa shape index (κ3) is 4.42. The predicted molar refractivity (Wildman–Crippen MR) is 146 cm³/mol. The average Bonchev–Trinajstić information content (AvgIpc) is 3.36. The molecule has 0 unspecified atom stereocenters. The van der Waals surface area contributed by atoms with Gasteiger partial charge in [0.05, 0.1) is 35.2 Å². The number of aromatic nitrogens is 1. The number of hydrogen-bond acceptors (Lipinski definition) is 8. The van der Waals surface area contributed by atoms with E-state index in [2.05, 4.69) is 11.6 Å². The van der Waals surface area contributed by atoms with Gasteiger partial charge >= 0.3 is 11.9 Å². The van der Waals surface area contributed by atoms with Gasteiger partial charge in [-0.25, -0.2) is 9.79 Å². The monoisotopic (exact) mass is 543 g/mol. The highest BCUT2D eigenvalue weighted by Crippen LogP contribution is 2.35. The molecule has 0 N–H and O–H groups in total. The van der Waals surface area contributed by atoms with Crippen LogP contribution in [0.5, 0.6) is 5.75 Å². The summed E-state index contributed by atoms with van der Waals surface area (Å²) in [5.74, 6) is -1.03. The number of carbonyl (C=O) groups excluding carboxylic acids is 3. The molecular formula is C29H25N3O6S. The van der Waals surface area contributed by atoms with E-state index < -0.39 is 23.5 Å². The maximum Gasteiger partial charge on any atom is 0.338 e. The van der Waals surface area contributed by atoms with Gasteiger partial charge in [0.2, 0.25) is 0 Å². The van der Waals surface area contributed by atoms with Crippen LogP contribution in [0.1, 0.15) is 37.9 Å². The molecule has 3 heterocycles. The van der Waals surface area contributed by atoms with E-state index in [0.717, 1.165) is 11.3 Å². The summed E-state index contributed by atoms with van der Waals surface area (Å²) >= 11 is 1.11. The predicted octanol–water partition coefficient (Wildman–Crippen LogP) is 2.63. The molecule has 5 rings (SSSR count). The number of allylic oxidation sites excluding steroid dienone is 1. The number of benzene rings is 2. The van der Waals surface area contributed by atoms with Crippen molar-refractivity contribution in [3.05, 3.63) is 103 Å². The fraction of sp³-hybridized carbons (Fsp3) is 0.207. The molecule has 0 radical (unpaired) electrons.